The molecule has 1 unspecified atom stereocenters. The molecule has 0 aromatic carbocycles. The minimum atomic E-state index is -0.277. The van der Waals surface area contributed by atoms with Crippen LogP contribution in [0.5, 0.6) is 0 Å². The van der Waals surface area contributed by atoms with Crippen molar-refractivity contribution in [2.24, 2.45) is 0 Å². The molecule has 0 spiro atoms. The van der Waals surface area contributed by atoms with Crippen molar-refractivity contribution < 1.29 is 14.3 Å². The molecule has 2 fully saturated rings. The van der Waals surface area contributed by atoms with Crippen LogP contribution in [0.3, 0.4) is 0 Å². The number of hydrogen-bond donors (Lipinski definition) is 0. The third-order valence-corrected chi connectivity index (χ3v) is 4.21. The summed E-state index contributed by atoms with van der Waals surface area (Å²) in [6.07, 6.45) is 5.53. The first kappa shape index (κ1) is 15.0. The van der Waals surface area contributed by atoms with Gasteiger partial charge in [-0.3, -0.25) is 14.6 Å². The Kier molecular flexibility index (Phi) is 4.68. The van der Waals surface area contributed by atoms with E-state index in [1.54, 1.807) is 29.4 Å². The minimum absolute atomic E-state index is 0.0143. The molecule has 3 heterocycles. The molecule has 2 aliphatic rings. The van der Waals surface area contributed by atoms with Gasteiger partial charge in [0.1, 0.15) is 6.10 Å². The Bertz CT molecular complexity index is 529. The number of aromatic nitrogens is 1. The van der Waals surface area contributed by atoms with Crippen molar-refractivity contribution in [3.8, 4) is 0 Å². The first-order valence-corrected chi connectivity index (χ1v) is 7.85. The molecule has 22 heavy (non-hydrogen) atoms. The van der Waals surface area contributed by atoms with E-state index in [9.17, 15) is 9.59 Å². The monoisotopic (exact) mass is 303 g/mol. The van der Waals surface area contributed by atoms with Gasteiger partial charge in [0.25, 0.3) is 11.8 Å². The van der Waals surface area contributed by atoms with Crippen LogP contribution in [0.1, 0.15) is 29.6 Å². The largest absolute Gasteiger partial charge is 0.368 e. The van der Waals surface area contributed by atoms with E-state index < -0.39 is 0 Å². The molecule has 3 rings (SSSR count). The lowest BCUT2D eigenvalue weighted by Crippen LogP contribution is -2.41. The van der Waals surface area contributed by atoms with Crippen molar-refractivity contribution in [2.75, 3.05) is 32.8 Å². The standard InChI is InChI=1S/C16H21N3O3/c20-15(13-4-1-6-17-12-13)18-7-3-8-19(10-9-18)16(21)14-5-2-11-22-14/h1,4,6,12,14H,2-3,5,7-11H2. The number of carbonyl (C=O) groups is 2. The number of nitrogens with zero attached hydrogens (tertiary/aromatic N) is 3. The molecule has 118 valence electrons. The van der Waals surface area contributed by atoms with Crippen LogP contribution >= 0.6 is 0 Å². The van der Waals surface area contributed by atoms with E-state index in [1.807, 2.05) is 4.90 Å². The molecule has 1 aromatic heterocycles. The van der Waals surface area contributed by atoms with E-state index >= 15 is 0 Å². The maximum Gasteiger partial charge on any atom is 0.255 e. The summed E-state index contributed by atoms with van der Waals surface area (Å²) in [5, 5.41) is 0. The van der Waals surface area contributed by atoms with Crippen LogP contribution in [-0.2, 0) is 9.53 Å². The zero-order valence-electron chi connectivity index (χ0n) is 12.6. The Morgan fingerprint density at radius 3 is 2.68 bits per heavy atom. The van der Waals surface area contributed by atoms with Crippen LogP contribution in [0.4, 0.5) is 0 Å². The van der Waals surface area contributed by atoms with Crippen LogP contribution < -0.4 is 0 Å². The van der Waals surface area contributed by atoms with Crippen molar-refractivity contribution in [3.63, 3.8) is 0 Å². The molecule has 0 aliphatic carbocycles. The Balaban J connectivity index is 1.60. The average Bonchev–Trinajstić information content (AvgIpc) is 2.99. The van der Waals surface area contributed by atoms with Gasteiger partial charge in [0.15, 0.2) is 0 Å². The average molecular weight is 303 g/mol. The molecule has 1 aromatic rings. The molecule has 0 bridgehead atoms. The second-order valence-electron chi connectivity index (χ2n) is 5.71. The third-order valence-electron chi connectivity index (χ3n) is 4.21. The van der Waals surface area contributed by atoms with Gasteiger partial charge in [0.2, 0.25) is 0 Å². The molecule has 6 nitrogen and oxygen atoms in total. The van der Waals surface area contributed by atoms with Gasteiger partial charge in [0.05, 0.1) is 5.56 Å². The van der Waals surface area contributed by atoms with E-state index in [1.165, 1.54) is 0 Å². The van der Waals surface area contributed by atoms with Crippen molar-refractivity contribution in [1.82, 2.24) is 14.8 Å². The minimum Gasteiger partial charge on any atom is -0.368 e. The Hall–Kier alpha value is -1.95. The zero-order valence-corrected chi connectivity index (χ0v) is 12.6. The smallest absolute Gasteiger partial charge is 0.255 e. The van der Waals surface area contributed by atoms with Crippen molar-refractivity contribution in [2.45, 2.75) is 25.4 Å². The highest BCUT2D eigenvalue weighted by Crippen LogP contribution is 2.16. The van der Waals surface area contributed by atoms with E-state index in [-0.39, 0.29) is 17.9 Å². The molecule has 0 radical (unpaired) electrons. The van der Waals surface area contributed by atoms with Crippen LogP contribution in [0.15, 0.2) is 24.5 Å². The fourth-order valence-corrected chi connectivity index (χ4v) is 2.99. The van der Waals surface area contributed by atoms with Crippen molar-refractivity contribution in [1.29, 1.82) is 0 Å². The van der Waals surface area contributed by atoms with Gasteiger partial charge in [-0.25, -0.2) is 0 Å². The summed E-state index contributed by atoms with van der Waals surface area (Å²) in [5.41, 5.74) is 0.599. The van der Waals surface area contributed by atoms with Gasteiger partial charge in [-0.2, -0.15) is 0 Å². The predicted octanol–water partition coefficient (Wildman–Crippen LogP) is 0.935. The van der Waals surface area contributed by atoms with Gasteiger partial charge >= 0.3 is 0 Å². The summed E-state index contributed by atoms with van der Waals surface area (Å²) < 4.78 is 5.47. The zero-order chi connectivity index (χ0) is 15.4. The maximum absolute atomic E-state index is 12.4. The molecule has 2 saturated heterocycles. The maximum atomic E-state index is 12.4. The lowest BCUT2D eigenvalue weighted by Gasteiger charge is -2.24. The lowest BCUT2D eigenvalue weighted by molar-refractivity contribution is -0.140. The molecule has 0 N–H and O–H groups in total. The quantitative estimate of drug-likeness (QED) is 0.815. The van der Waals surface area contributed by atoms with Crippen LogP contribution in [-0.4, -0.2) is 65.5 Å². The van der Waals surface area contributed by atoms with Crippen LogP contribution in [0.2, 0.25) is 0 Å². The predicted molar refractivity (Wildman–Crippen MR) is 80.3 cm³/mol. The highest BCUT2D eigenvalue weighted by atomic mass is 16.5. The summed E-state index contributed by atoms with van der Waals surface area (Å²) in [5.74, 6) is 0.0627. The summed E-state index contributed by atoms with van der Waals surface area (Å²) in [4.78, 5) is 32.5. The molecule has 6 heteroatoms. The number of carbonyl (C=O) groups excluding carboxylic acids is 2. The van der Waals surface area contributed by atoms with Gasteiger partial charge < -0.3 is 14.5 Å². The second-order valence-corrected chi connectivity index (χ2v) is 5.71. The summed E-state index contributed by atoms with van der Waals surface area (Å²) in [6, 6.07) is 3.54. The molecule has 2 amide bonds. The van der Waals surface area contributed by atoms with Crippen molar-refractivity contribution >= 4 is 11.8 Å². The number of hydrogen-bond acceptors (Lipinski definition) is 4. The van der Waals surface area contributed by atoms with Gasteiger partial charge in [0, 0.05) is 45.2 Å². The van der Waals surface area contributed by atoms with E-state index in [0.717, 1.165) is 19.3 Å². The Morgan fingerprint density at radius 2 is 1.95 bits per heavy atom. The SMILES string of the molecule is O=C(c1cccnc1)N1CCCN(C(=O)C2CCCO2)CC1. The van der Waals surface area contributed by atoms with E-state index in [2.05, 4.69) is 4.98 Å². The normalized spacial score (nSPS) is 22.5. The molecular formula is C16H21N3O3. The highest BCUT2D eigenvalue weighted by molar-refractivity contribution is 5.94. The molecular weight excluding hydrogens is 282 g/mol. The van der Waals surface area contributed by atoms with Crippen LogP contribution in [0.25, 0.3) is 0 Å². The number of rotatable bonds is 2. The second kappa shape index (κ2) is 6.87. The van der Waals surface area contributed by atoms with Gasteiger partial charge in [-0.1, -0.05) is 0 Å². The van der Waals surface area contributed by atoms with E-state index in [0.29, 0.717) is 38.3 Å². The fourth-order valence-electron chi connectivity index (χ4n) is 2.99. The number of ether oxygens (including phenoxy) is 1. The lowest BCUT2D eigenvalue weighted by atomic mass is 10.2. The number of amides is 2. The van der Waals surface area contributed by atoms with Crippen molar-refractivity contribution in [3.05, 3.63) is 30.1 Å². The number of pyridine rings is 1. The van der Waals surface area contributed by atoms with Crippen LogP contribution in [0, 0.1) is 0 Å². The summed E-state index contributed by atoms with van der Waals surface area (Å²) >= 11 is 0. The third kappa shape index (κ3) is 3.27. The Labute approximate surface area is 130 Å². The Morgan fingerprint density at radius 1 is 1.14 bits per heavy atom. The molecule has 1 atom stereocenters. The first-order valence-electron chi connectivity index (χ1n) is 7.85. The molecule has 0 saturated carbocycles. The van der Waals surface area contributed by atoms with Gasteiger partial charge in [-0.05, 0) is 31.4 Å². The first-order chi connectivity index (χ1) is 10.8. The fraction of sp³-hybridized carbons (Fsp3) is 0.562. The highest BCUT2D eigenvalue weighted by Gasteiger charge is 2.30. The molecule has 2 aliphatic heterocycles. The van der Waals surface area contributed by atoms with Gasteiger partial charge in [-0.15, -0.1) is 0 Å². The topological polar surface area (TPSA) is 62.7 Å². The summed E-state index contributed by atoms with van der Waals surface area (Å²) in [7, 11) is 0. The summed E-state index contributed by atoms with van der Waals surface area (Å²) in [6.45, 7) is 3.17. The van der Waals surface area contributed by atoms with E-state index in [4.69, 9.17) is 4.74 Å².